The summed E-state index contributed by atoms with van der Waals surface area (Å²) in [5, 5.41) is 3.31. The predicted octanol–water partition coefficient (Wildman–Crippen LogP) is 2.36. The fourth-order valence-electron chi connectivity index (χ4n) is 1.79. The molecule has 0 spiro atoms. The lowest BCUT2D eigenvalue weighted by Gasteiger charge is -2.32. The number of nitrogens with one attached hydrogen (secondary N) is 1. The molecule has 3 nitrogen and oxygen atoms in total. The molecule has 1 rings (SSSR count). The second-order valence-electron chi connectivity index (χ2n) is 6.01. The maximum absolute atomic E-state index is 12.1. The van der Waals surface area contributed by atoms with Crippen LogP contribution in [0.2, 0.25) is 0 Å². The Morgan fingerprint density at radius 1 is 1.28 bits per heavy atom. The van der Waals surface area contributed by atoms with E-state index in [2.05, 4.69) is 5.32 Å². The molecule has 1 unspecified atom stereocenters. The van der Waals surface area contributed by atoms with Crippen molar-refractivity contribution in [2.75, 3.05) is 33.0 Å². The van der Waals surface area contributed by atoms with Gasteiger partial charge in [0.15, 0.2) is 0 Å². The van der Waals surface area contributed by atoms with Gasteiger partial charge in [-0.1, -0.05) is 0 Å². The minimum atomic E-state index is -4.27. The molecule has 1 fully saturated rings. The SMILES string of the molecule is CC(C)(C)NCC1(COCC(F)(F)F)CCOC1. The Balaban J connectivity index is 2.43. The maximum Gasteiger partial charge on any atom is 0.411 e. The van der Waals surface area contributed by atoms with Gasteiger partial charge in [0.2, 0.25) is 0 Å². The third kappa shape index (κ3) is 6.02. The molecular formula is C12H22F3NO2. The van der Waals surface area contributed by atoms with Crippen molar-refractivity contribution < 1.29 is 22.6 Å². The average Bonchev–Trinajstić information content (AvgIpc) is 2.61. The first-order chi connectivity index (χ1) is 8.12. The standard InChI is InChI=1S/C12H22F3NO2/c1-10(2,3)16-6-11(4-5-17-7-11)8-18-9-12(13,14)15/h16H,4-9H2,1-3H3. The third-order valence-electron chi connectivity index (χ3n) is 2.85. The quantitative estimate of drug-likeness (QED) is 0.831. The van der Waals surface area contributed by atoms with Crippen LogP contribution in [0.4, 0.5) is 13.2 Å². The van der Waals surface area contributed by atoms with Gasteiger partial charge in [0.25, 0.3) is 0 Å². The summed E-state index contributed by atoms with van der Waals surface area (Å²) >= 11 is 0. The van der Waals surface area contributed by atoms with Gasteiger partial charge >= 0.3 is 6.18 Å². The van der Waals surface area contributed by atoms with Crippen molar-refractivity contribution in [2.45, 2.75) is 38.9 Å². The van der Waals surface area contributed by atoms with Crippen molar-refractivity contribution in [1.29, 1.82) is 0 Å². The molecule has 1 aliphatic heterocycles. The van der Waals surface area contributed by atoms with Crippen molar-refractivity contribution in [3.05, 3.63) is 0 Å². The van der Waals surface area contributed by atoms with Crippen LogP contribution in [0.5, 0.6) is 0 Å². The van der Waals surface area contributed by atoms with Gasteiger partial charge in [0, 0.05) is 24.1 Å². The summed E-state index contributed by atoms with van der Waals surface area (Å²) in [4.78, 5) is 0. The molecule has 1 saturated heterocycles. The second kappa shape index (κ2) is 5.75. The molecule has 1 heterocycles. The van der Waals surface area contributed by atoms with Crippen LogP contribution >= 0.6 is 0 Å². The van der Waals surface area contributed by atoms with Crippen molar-refractivity contribution in [3.63, 3.8) is 0 Å². The van der Waals surface area contributed by atoms with Gasteiger partial charge in [-0.3, -0.25) is 0 Å². The molecule has 6 heteroatoms. The molecule has 0 bridgehead atoms. The maximum atomic E-state index is 12.1. The van der Waals surface area contributed by atoms with Crippen LogP contribution < -0.4 is 5.32 Å². The molecule has 0 radical (unpaired) electrons. The van der Waals surface area contributed by atoms with E-state index in [9.17, 15) is 13.2 Å². The normalized spacial score (nSPS) is 25.7. The smallest absolute Gasteiger partial charge is 0.381 e. The Bertz CT molecular complexity index is 255. The van der Waals surface area contributed by atoms with Gasteiger partial charge < -0.3 is 14.8 Å². The Hall–Kier alpha value is -0.330. The third-order valence-corrected chi connectivity index (χ3v) is 2.85. The van der Waals surface area contributed by atoms with Gasteiger partial charge in [-0.05, 0) is 27.2 Å². The van der Waals surface area contributed by atoms with E-state index in [4.69, 9.17) is 9.47 Å². The van der Waals surface area contributed by atoms with E-state index in [0.717, 1.165) is 6.42 Å². The molecule has 0 aromatic carbocycles. The molecule has 1 atom stereocenters. The first kappa shape index (κ1) is 15.7. The fraction of sp³-hybridized carbons (Fsp3) is 1.00. The Morgan fingerprint density at radius 3 is 2.39 bits per heavy atom. The largest absolute Gasteiger partial charge is 0.411 e. The van der Waals surface area contributed by atoms with Crippen LogP contribution in [-0.2, 0) is 9.47 Å². The number of rotatable bonds is 5. The minimum Gasteiger partial charge on any atom is -0.381 e. The lowest BCUT2D eigenvalue weighted by Crippen LogP contribution is -2.46. The Morgan fingerprint density at radius 2 is 1.94 bits per heavy atom. The fourth-order valence-corrected chi connectivity index (χ4v) is 1.79. The lowest BCUT2D eigenvalue weighted by atomic mass is 9.87. The van der Waals surface area contributed by atoms with Gasteiger partial charge in [-0.2, -0.15) is 13.2 Å². The van der Waals surface area contributed by atoms with Crippen LogP contribution in [0.1, 0.15) is 27.2 Å². The molecule has 0 aromatic rings. The average molecular weight is 269 g/mol. The summed E-state index contributed by atoms with van der Waals surface area (Å²) in [5.41, 5.74) is -0.405. The molecule has 0 aliphatic carbocycles. The van der Waals surface area contributed by atoms with Gasteiger partial charge in [0.05, 0.1) is 13.2 Å². The highest BCUT2D eigenvalue weighted by Crippen LogP contribution is 2.29. The first-order valence-corrected chi connectivity index (χ1v) is 6.09. The van der Waals surface area contributed by atoms with E-state index in [-0.39, 0.29) is 17.6 Å². The summed E-state index contributed by atoms with van der Waals surface area (Å²) in [7, 11) is 0. The van der Waals surface area contributed by atoms with E-state index in [1.807, 2.05) is 20.8 Å². The number of hydrogen-bond donors (Lipinski definition) is 1. The topological polar surface area (TPSA) is 30.5 Å². The number of alkyl halides is 3. The molecule has 0 aromatic heterocycles. The van der Waals surface area contributed by atoms with Crippen molar-refractivity contribution in [3.8, 4) is 0 Å². The highest BCUT2D eigenvalue weighted by Gasteiger charge is 2.37. The van der Waals surface area contributed by atoms with Crippen molar-refractivity contribution in [2.24, 2.45) is 5.41 Å². The zero-order chi connectivity index (χ0) is 13.9. The van der Waals surface area contributed by atoms with Crippen LogP contribution in [-0.4, -0.2) is 44.7 Å². The van der Waals surface area contributed by atoms with Gasteiger partial charge in [0.1, 0.15) is 6.61 Å². The molecule has 1 aliphatic rings. The van der Waals surface area contributed by atoms with Crippen LogP contribution in [0.15, 0.2) is 0 Å². The highest BCUT2D eigenvalue weighted by molar-refractivity contribution is 4.88. The van der Waals surface area contributed by atoms with Crippen LogP contribution in [0, 0.1) is 5.41 Å². The van der Waals surface area contributed by atoms with Crippen molar-refractivity contribution in [1.82, 2.24) is 5.32 Å². The van der Waals surface area contributed by atoms with Crippen molar-refractivity contribution >= 4 is 0 Å². The summed E-state index contributed by atoms with van der Waals surface area (Å²) in [5.74, 6) is 0. The summed E-state index contributed by atoms with van der Waals surface area (Å²) in [6.45, 7) is 6.59. The molecular weight excluding hydrogens is 247 g/mol. The predicted molar refractivity (Wildman–Crippen MR) is 62.5 cm³/mol. The Labute approximate surface area is 106 Å². The first-order valence-electron chi connectivity index (χ1n) is 6.09. The monoisotopic (exact) mass is 269 g/mol. The Kier molecular flexibility index (Phi) is 5.03. The van der Waals surface area contributed by atoms with Gasteiger partial charge in [-0.25, -0.2) is 0 Å². The van der Waals surface area contributed by atoms with E-state index in [0.29, 0.717) is 19.8 Å². The van der Waals surface area contributed by atoms with Gasteiger partial charge in [-0.15, -0.1) is 0 Å². The highest BCUT2D eigenvalue weighted by atomic mass is 19.4. The van der Waals surface area contributed by atoms with E-state index < -0.39 is 12.8 Å². The lowest BCUT2D eigenvalue weighted by molar-refractivity contribution is -0.180. The molecule has 1 N–H and O–H groups in total. The molecule has 0 amide bonds. The second-order valence-corrected chi connectivity index (χ2v) is 6.01. The zero-order valence-corrected chi connectivity index (χ0v) is 11.2. The van der Waals surface area contributed by atoms with Crippen LogP contribution in [0.25, 0.3) is 0 Å². The number of ether oxygens (including phenoxy) is 2. The van der Waals surface area contributed by atoms with Crippen LogP contribution in [0.3, 0.4) is 0 Å². The number of hydrogen-bond acceptors (Lipinski definition) is 3. The van der Waals surface area contributed by atoms with E-state index in [1.165, 1.54) is 0 Å². The summed E-state index contributed by atoms with van der Waals surface area (Å²) in [6, 6.07) is 0. The summed E-state index contributed by atoms with van der Waals surface area (Å²) < 4.78 is 46.3. The number of halogens is 3. The minimum absolute atomic E-state index is 0.0698. The molecule has 18 heavy (non-hydrogen) atoms. The molecule has 108 valence electrons. The zero-order valence-electron chi connectivity index (χ0n) is 11.2. The van der Waals surface area contributed by atoms with E-state index >= 15 is 0 Å². The summed E-state index contributed by atoms with van der Waals surface area (Å²) in [6.07, 6.45) is -3.54. The van der Waals surface area contributed by atoms with E-state index in [1.54, 1.807) is 0 Å². The molecule has 0 saturated carbocycles.